The molecule has 0 radical (unpaired) electrons. The highest BCUT2D eigenvalue weighted by Crippen LogP contribution is 2.24. The van der Waals surface area contributed by atoms with Crippen molar-refractivity contribution in [2.45, 2.75) is 4.90 Å². The number of aromatic nitrogens is 1. The number of hydrogen-bond donors (Lipinski definition) is 1. The van der Waals surface area contributed by atoms with E-state index in [2.05, 4.69) is 9.71 Å². The van der Waals surface area contributed by atoms with Crippen LogP contribution in [-0.4, -0.2) is 18.3 Å². The largest absolute Gasteiger partial charge is 0.289 e. The normalized spacial score (nSPS) is 11.1. The smallest absolute Gasteiger partial charge is 0.263 e. The number of hydrogen-bond acceptors (Lipinski definition) is 5. The van der Waals surface area contributed by atoms with Crippen molar-refractivity contribution in [3.8, 4) is 0 Å². The molecule has 104 valence electrons. The third kappa shape index (κ3) is 3.03. The van der Waals surface area contributed by atoms with Gasteiger partial charge in [-0.05, 0) is 18.2 Å². The Balaban J connectivity index is 2.44. The number of nitrogens with zero attached hydrogens (tertiary/aromatic N) is 2. The SMILES string of the molecule is O=[N+]([O-])c1ccccc1S(=O)(=O)Nc1cccc(Cl)n1. The first kappa shape index (κ1) is 14.2. The summed E-state index contributed by atoms with van der Waals surface area (Å²) in [4.78, 5) is 13.4. The predicted molar refractivity (Wildman–Crippen MR) is 73.2 cm³/mol. The lowest BCUT2D eigenvalue weighted by Crippen LogP contribution is -2.15. The summed E-state index contributed by atoms with van der Waals surface area (Å²) in [7, 11) is -4.12. The minimum Gasteiger partial charge on any atom is -0.263 e. The van der Waals surface area contributed by atoms with Crippen molar-refractivity contribution in [3.63, 3.8) is 0 Å². The molecule has 0 bridgehead atoms. The summed E-state index contributed by atoms with van der Waals surface area (Å²) in [5, 5.41) is 11.0. The van der Waals surface area contributed by atoms with Crippen LogP contribution in [0.3, 0.4) is 0 Å². The number of pyridine rings is 1. The summed E-state index contributed by atoms with van der Waals surface area (Å²) in [6.45, 7) is 0. The van der Waals surface area contributed by atoms with E-state index in [0.29, 0.717) is 0 Å². The summed E-state index contributed by atoms with van der Waals surface area (Å²) >= 11 is 5.65. The molecule has 0 aliphatic rings. The number of nitro groups is 1. The van der Waals surface area contributed by atoms with Gasteiger partial charge in [0.2, 0.25) is 0 Å². The van der Waals surface area contributed by atoms with Crippen LogP contribution in [0.15, 0.2) is 47.4 Å². The van der Waals surface area contributed by atoms with E-state index < -0.39 is 25.5 Å². The molecule has 7 nitrogen and oxygen atoms in total. The molecular formula is C11H8ClN3O4S. The van der Waals surface area contributed by atoms with Crippen molar-refractivity contribution in [3.05, 3.63) is 57.7 Å². The molecule has 1 aromatic heterocycles. The van der Waals surface area contributed by atoms with Crippen molar-refractivity contribution >= 4 is 33.1 Å². The lowest BCUT2D eigenvalue weighted by Gasteiger charge is -2.07. The molecule has 0 saturated heterocycles. The fourth-order valence-electron chi connectivity index (χ4n) is 1.49. The third-order valence-corrected chi connectivity index (χ3v) is 3.92. The van der Waals surface area contributed by atoms with E-state index in [1.54, 1.807) is 0 Å². The first-order valence-electron chi connectivity index (χ1n) is 5.29. The zero-order chi connectivity index (χ0) is 14.8. The Morgan fingerprint density at radius 1 is 1.15 bits per heavy atom. The van der Waals surface area contributed by atoms with E-state index >= 15 is 0 Å². The second-order valence-electron chi connectivity index (χ2n) is 3.68. The molecule has 1 aromatic carbocycles. The van der Waals surface area contributed by atoms with Crippen LogP contribution < -0.4 is 4.72 Å². The van der Waals surface area contributed by atoms with E-state index in [9.17, 15) is 18.5 Å². The van der Waals surface area contributed by atoms with Crippen molar-refractivity contribution < 1.29 is 13.3 Å². The zero-order valence-electron chi connectivity index (χ0n) is 9.86. The molecule has 0 aliphatic heterocycles. The number of nitro benzene ring substituents is 1. The molecule has 0 amide bonds. The second kappa shape index (κ2) is 5.43. The van der Waals surface area contributed by atoms with Gasteiger partial charge in [0.1, 0.15) is 11.0 Å². The maximum Gasteiger partial charge on any atom is 0.289 e. The molecule has 9 heteroatoms. The molecule has 1 heterocycles. The Morgan fingerprint density at radius 3 is 2.50 bits per heavy atom. The number of rotatable bonds is 4. The van der Waals surface area contributed by atoms with Gasteiger partial charge in [0.15, 0.2) is 4.90 Å². The molecule has 0 saturated carbocycles. The number of anilines is 1. The highest BCUT2D eigenvalue weighted by Gasteiger charge is 2.25. The topological polar surface area (TPSA) is 102 Å². The van der Waals surface area contributed by atoms with Gasteiger partial charge in [-0.3, -0.25) is 14.8 Å². The highest BCUT2D eigenvalue weighted by atomic mass is 35.5. The summed E-state index contributed by atoms with van der Waals surface area (Å²) in [6.07, 6.45) is 0. The van der Waals surface area contributed by atoms with Crippen LogP contribution in [0.4, 0.5) is 11.5 Å². The van der Waals surface area contributed by atoms with E-state index in [0.717, 1.165) is 12.1 Å². The predicted octanol–water partition coefficient (Wildman–Crippen LogP) is 2.44. The van der Waals surface area contributed by atoms with E-state index in [-0.39, 0.29) is 11.0 Å². The van der Waals surface area contributed by atoms with Crippen LogP contribution in [0.25, 0.3) is 0 Å². The van der Waals surface area contributed by atoms with Gasteiger partial charge in [-0.2, -0.15) is 0 Å². The summed E-state index contributed by atoms with van der Waals surface area (Å²) in [5.41, 5.74) is -0.512. The number of sulfonamides is 1. The molecule has 0 spiro atoms. The molecule has 2 rings (SSSR count). The Bertz CT molecular complexity index is 764. The minimum absolute atomic E-state index is 0.0179. The van der Waals surface area contributed by atoms with Crippen molar-refractivity contribution in [1.82, 2.24) is 4.98 Å². The van der Waals surface area contributed by atoms with Crippen LogP contribution in [0.1, 0.15) is 0 Å². The standard InChI is InChI=1S/C11H8ClN3O4S/c12-10-6-3-7-11(13-10)14-20(18,19)9-5-2-1-4-8(9)15(16)17/h1-7H,(H,13,14). The van der Waals surface area contributed by atoms with Crippen molar-refractivity contribution in [1.29, 1.82) is 0 Å². The number of benzene rings is 1. The van der Waals surface area contributed by atoms with Gasteiger partial charge >= 0.3 is 0 Å². The molecule has 1 N–H and O–H groups in total. The van der Waals surface area contributed by atoms with Gasteiger partial charge in [-0.15, -0.1) is 0 Å². The fourth-order valence-corrected chi connectivity index (χ4v) is 2.83. The number of nitrogens with one attached hydrogen (secondary N) is 1. The second-order valence-corrected chi connectivity index (χ2v) is 5.71. The Hall–Kier alpha value is -2.19. The summed E-state index contributed by atoms with van der Waals surface area (Å²) < 4.78 is 26.4. The van der Waals surface area contributed by atoms with E-state index in [1.807, 2.05) is 0 Å². The maximum atomic E-state index is 12.1. The summed E-state index contributed by atoms with van der Waals surface area (Å²) in [5.74, 6) is -0.0179. The molecule has 2 aromatic rings. The molecule has 20 heavy (non-hydrogen) atoms. The van der Waals surface area contributed by atoms with Gasteiger partial charge in [0.25, 0.3) is 15.7 Å². The van der Waals surface area contributed by atoms with Crippen molar-refractivity contribution in [2.75, 3.05) is 4.72 Å². The Kier molecular flexibility index (Phi) is 3.86. The summed E-state index contributed by atoms with van der Waals surface area (Å²) in [6, 6.07) is 9.40. The monoisotopic (exact) mass is 313 g/mol. The lowest BCUT2D eigenvalue weighted by molar-refractivity contribution is -0.387. The van der Waals surface area contributed by atoms with Gasteiger partial charge in [-0.25, -0.2) is 13.4 Å². The first-order valence-corrected chi connectivity index (χ1v) is 7.15. The number of para-hydroxylation sites is 1. The quantitative estimate of drug-likeness (QED) is 0.530. The fraction of sp³-hybridized carbons (Fsp3) is 0. The first-order chi connectivity index (χ1) is 9.40. The Labute approximate surface area is 119 Å². The molecule has 0 aliphatic carbocycles. The van der Waals surface area contributed by atoms with Crippen LogP contribution >= 0.6 is 11.6 Å². The lowest BCUT2D eigenvalue weighted by atomic mass is 10.3. The van der Waals surface area contributed by atoms with Gasteiger partial charge < -0.3 is 0 Å². The Morgan fingerprint density at radius 2 is 1.85 bits per heavy atom. The zero-order valence-corrected chi connectivity index (χ0v) is 11.4. The minimum atomic E-state index is -4.12. The molecular weight excluding hydrogens is 306 g/mol. The van der Waals surface area contributed by atoms with Gasteiger partial charge in [0.05, 0.1) is 4.92 Å². The molecule has 0 atom stereocenters. The van der Waals surface area contributed by atoms with Gasteiger partial charge in [-0.1, -0.05) is 29.8 Å². The average molecular weight is 314 g/mol. The maximum absolute atomic E-state index is 12.1. The molecule has 0 fully saturated rings. The van der Waals surface area contributed by atoms with Crippen molar-refractivity contribution in [2.24, 2.45) is 0 Å². The average Bonchev–Trinajstić information content (AvgIpc) is 2.38. The van der Waals surface area contributed by atoms with Gasteiger partial charge in [0, 0.05) is 6.07 Å². The highest BCUT2D eigenvalue weighted by molar-refractivity contribution is 7.92. The van der Waals surface area contributed by atoms with Crippen LogP contribution in [-0.2, 0) is 10.0 Å². The van der Waals surface area contributed by atoms with E-state index in [4.69, 9.17) is 11.6 Å². The molecule has 0 unspecified atom stereocenters. The van der Waals surface area contributed by atoms with Crippen LogP contribution in [0.2, 0.25) is 5.15 Å². The van der Waals surface area contributed by atoms with Crippen LogP contribution in [0, 0.1) is 10.1 Å². The number of halogens is 1. The van der Waals surface area contributed by atoms with E-state index in [1.165, 1.54) is 30.3 Å². The third-order valence-electron chi connectivity index (χ3n) is 2.31. The van der Waals surface area contributed by atoms with Crippen LogP contribution in [0.5, 0.6) is 0 Å².